The van der Waals surface area contributed by atoms with E-state index < -0.39 is 0 Å². The first kappa shape index (κ1) is 14.1. The fraction of sp³-hybridized carbons (Fsp3) is 0.0769. The van der Waals surface area contributed by atoms with Crippen molar-refractivity contribution in [2.45, 2.75) is 0 Å². The van der Waals surface area contributed by atoms with E-state index in [0.717, 1.165) is 0 Å². The van der Waals surface area contributed by atoms with Gasteiger partial charge < -0.3 is 4.74 Å². The van der Waals surface area contributed by atoms with Gasteiger partial charge in [-0.3, -0.25) is 4.79 Å². The van der Waals surface area contributed by atoms with Gasteiger partial charge in [-0.05, 0) is 24.3 Å². The van der Waals surface area contributed by atoms with Crippen LogP contribution < -0.4 is 4.74 Å². The molecule has 0 atom stereocenters. The second-order valence-electron chi connectivity index (χ2n) is 3.66. The number of carbonyl (C=O) groups excluding carboxylic acids is 1. The fourth-order valence-electron chi connectivity index (χ4n) is 1.57. The van der Waals surface area contributed by atoms with Crippen molar-refractivity contribution in [2.24, 2.45) is 0 Å². The molecule has 0 saturated heterocycles. The summed E-state index contributed by atoms with van der Waals surface area (Å²) in [6.45, 7) is 0. The first-order valence-electron chi connectivity index (χ1n) is 5.22. The second kappa shape index (κ2) is 5.78. The van der Waals surface area contributed by atoms with Gasteiger partial charge in [0.05, 0.1) is 22.7 Å². The standard InChI is InChI=1S/C13H8Cl3NO2/c1-19-11-3-2-7(14)4-9(11)13(18)12-10(16)5-8(15)6-17-12/h2-6H,1H3. The van der Waals surface area contributed by atoms with E-state index in [1.54, 1.807) is 12.1 Å². The molecule has 0 fully saturated rings. The number of ether oxygens (including phenoxy) is 1. The number of pyridine rings is 1. The van der Waals surface area contributed by atoms with Gasteiger partial charge in [0.15, 0.2) is 0 Å². The highest BCUT2D eigenvalue weighted by Gasteiger charge is 2.19. The van der Waals surface area contributed by atoms with Crippen LogP contribution in [0.15, 0.2) is 30.5 Å². The molecule has 0 bridgehead atoms. The minimum absolute atomic E-state index is 0.103. The number of benzene rings is 1. The lowest BCUT2D eigenvalue weighted by atomic mass is 10.1. The van der Waals surface area contributed by atoms with Gasteiger partial charge in [0.1, 0.15) is 11.4 Å². The molecule has 0 spiro atoms. The smallest absolute Gasteiger partial charge is 0.216 e. The molecule has 2 rings (SSSR count). The fourth-order valence-corrected chi connectivity index (χ4v) is 2.20. The Kier molecular flexibility index (Phi) is 4.30. The average Bonchev–Trinajstić information content (AvgIpc) is 2.38. The van der Waals surface area contributed by atoms with Gasteiger partial charge in [-0.2, -0.15) is 0 Å². The van der Waals surface area contributed by atoms with Crippen molar-refractivity contribution < 1.29 is 9.53 Å². The van der Waals surface area contributed by atoms with Crippen LogP contribution in [0.2, 0.25) is 15.1 Å². The molecular formula is C13H8Cl3NO2. The van der Waals surface area contributed by atoms with Crippen LogP contribution in [-0.4, -0.2) is 17.9 Å². The highest BCUT2D eigenvalue weighted by atomic mass is 35.5. The highest BCUT2D eigenvalue weighted by Crippen LogP contribution is 2.27. The van der Waals surface area contributed by atoms with Gasteiger partial charge in [-0.25, -0.2) is 4.98 Å². The molecule has 1 heterocycles. The molecule has 2 aromatic rings. The molecule has 3 nitrogen and oxygen atoms in total. The summed E-state index contributed by atoms with van der Waals surface area (Å²) in [6.07, 6.45) is 1.36. The monoisotopic (exact) mass is 315 g/mol. The van der Waals surface area contributed by atoms with E-state index in [1.165, 1.54) is 25.4 Å². The minimum Gasteiger partial charge on any atom is -0.496 e. The molecule has 0 aliphatic carbocycles. The molecular weight excluding hydrogens is 309 g/mol. The zero-order valence-corrected chi connectivity index (χ0v) is 12.1. The van der Waals surface area contributed by atoms with Crippen LogP contribution in [0.25, 0.3) is 0 Å². The minimum atomic E-state index is -0.374. The molecule has 98 valence electrons. The molecule has 19 heavy (non-hydrogen) atoms. The predicted molar refractivity (Wildman–Crippen MR) is 75.7 cm³/mol. The molecule has 1 aromatic heterocycles. The van der Waals surface area contributed by atoms with E-state index in [1.807, 2.05) is 0 Å². The van der Waals surface area contributed by atoms with Crippen LogP contribution in [0.5, 0.6) is 5.75 Å². The van der Waals surface area contributed by atoms with Crippen LogP contribution in [0, 0.1) is 0 Å². The number of nitrogens with zero attached hydrogens (tertiary/aromatic N) is 1. The van der Waals surface area contributed by atoms with Crippen molar-refractivity contribution in [3.63, 3.8) is 0 Å². The average molecular weight is 317 g/mol. The van der Waals surface area contributed by atoms with Crippen molar-refractivity contribution in [3.8, 4) is 5.75 Å². The van der Waals surface area contributed by atoms with Crippen molar-refractivity contribution >= 4 is 40.6 Å². The number of aromatic nitrogens is 1. The zero-order valence-electron chi connectivity index (χ0n) is 9.78. The Morgan fingerprint density at radius 3 is 2.53 bits per heavy atom. The third kappa shape index (κ3) is 3.00. The van der Waals surface area contributed by atoms with Crippen LogP contribution in [0.4, 0.5) is 0 Å². The summed E-state index contributed by atoms with van der Waals surface area (Å²) in [6, 6.07) is 6.21. The third-order valence-electron chi connectivity index (χ3n) is 2.43. The number of ketones is 1. The van der Waals surface area contributed by atoms with Crippen molar-refractivity contribution in [1.29, 1.82) is 0 Å². The molecule has 0 N–H and O–H groups in total. The van der Waals surface area contributed by atoms with Gasteiger partial charge in [0, 0.05) is 11.2 Å². The number of carbonyl (C=O) groups is 1. The Labute approximate surface area is 125 Å². The molecule has 0 amide bonds. The second-order valence-corrected chi connectivity index (χ2v) is 4.94. The maximum Gasteiger partial charge on any atom is 0.216 e. The largest absolute Gasteiger partial charge is 0.496 e. The number of halogens is 3. The van der Waals surface area contributed by atoms with E-state index >= 15 is 0 Å². The normalized spacial score (nSPS) is 10.3. The maximum absolute atomic E-state index is 12.4. The predicted octanol–water partition coefficient (Wildman–Crippen LogP) is 4.28. The Hall–Kier alpha value is -1.29. The molecule has 0 aliphatic heterocycles. The lowest BCUT2D eigenvalue weighted by Crippen LogP contribution is -2.07. The van der Waals surface area contributed by atoms with E-state index in [-0.39, 0.29) is 16.5 Å². The Morgan fingerprint density at radius 1 is 1.16 bits per heavy atom. The lowest BCUT2D eigenvalue weighted by Gasteiger charge is -2.08. The van der Waals surface area contributed by atoms with Crippen molar-refractivity contribution in [2.75, 3.05) is 7.11 Å². The quantitative estimate of drug-likeness (QED) is 0.793. The maximum atomic E-state index is 12.4. The SMILES string of the molecule is COc1ccc(Cl)cc1C(=O)c1ncc(Cl)cc1Cl. The topological polar surface area (TPSA) is 39.2 Å². The summed E-state index contributed by atoms with van der Waals surface area (Å²) in [5.41, 5.74) is 0.401. The van der Waals surface area contributed by atoms with E-state index in [4.69, 9.17) is 39.5 Å². The van der Waals surface area contributed by atoms with Crippen LogP contribution in [-0.2, 0) is 0 Å². The summed E-state index contributed by atoms with van der Waals surface area (Å²) in [5, 5.41) is 0.966. The Balaban J connectivity index is 2.52. The molecule has 6 heteroatoms. The van der Waals surface area contributed by atoms with Crippen molar-refractivity contribution in [1.82, 2.24) is 4.98 Å². The Morgan fingerprint density at radius 2 is 1.89 bits per heavy atom. The van der Waals surface area contributed by atoms with E-state index in [0.29, 0.717) is 21.4 Å². The molecule has 1 aromatic carbocycles. The number of methoxy groups -OCH3 is 1. The number of hydrogen-bond acceptors (Lipinski definition) is 3. The highest BCUT2D eigenvalue weighted by molar-refractivity contribution is 6.37. The third-order valence-corrected chi connectivity index (χ3v) is 3.16. The van der Waals surface area contributed by atoms with Crippen molar-refractivity contribution in [3.05, 3.63) is 56.8 Å². The first-order valence-corrected chi connectivity index (χ1v) is 6.35. The van der Waals surface area contributed by atoms with Crippen LogP contribution >= 0.6 is 34.8 Å². The molecule has 0 unspecified atom stereocenters. The Bertz CT molecular complexity index is 644. The zero-order chi connectivity index (χ0) is 14.0. The van der Waals surface area contributed by atoms with E-state index in [2.05, 4.69) is 4.98 Å². The summed E-state index contributed by atoms with van der Waals surface area (Å²) in [7, 11) is 1.47. The summed E-state index contributed by atoms with van der Waals surface area (Å²) >= 11 is 17.6. The van der Waals surface area contributed by atoms with Crippen LogP contribution in [0.3, 0.4) is 0 Å². The summed E-state index contributed by atoms with van der Waals surface area (Å²) in [4.78, 5) is 16.3. The van der Waals surface area contributed by atoms with Gasteiger partial charge in [-0.15, -0.1) is 0 Å². The van der Waals surface area contributed by atoms with Gasteiger partial charge in [0.2, 0.25) is 5.78 Å². The molecule has 0 saturated carbocycles. The number of hydrogen-bond donors (Lipinski definition) is 0. The van der Waals surface area contributed by atoms with E-state index in [9.17, 15) is 4.79 Å². The van der Waals surface area contributed by atoms with Gasteiger partial charge >= 0.3 is 0 Å². The number of rotatable bonds is 3. The molecule has 0 aliphatic rings. The first-order chi connectivity index (χ1) is 9.02. The summed E-state index contributed by atoms with van der Waals surface area (Å²) in [5.74, 6) is 0.0308. The lowest BCUT2D eigenvalue weighted by molar-refractivity contribution is 0.103. The van der Waals surface area contributed by atoms with Gasteiger partial charge in [-0.1, -0.05) is 34.8 Å². The van der Waals surface area contributed by atoms with Gasteiger partial charge in [0.25, 0.3) is 0 Å². The summed E-state index contributed by atoms with van der Waals surface area (Å²) < 4.78 is 5.13. The van der Waals surface area contributed by atoms with Crippen LogP contribution in [0.1, 0.15) is 16.1 Å². The molecule has 0 radical (unpaired) electrons.